The van der Waals surface area contributed by atoms with Crippen molar-refractivity contribution in [2.24, 2.45) is 0 Å². The summed E-state index contributed by atoms with van der Waals surface area (Å²) in [5, 5.41) is 12.1. The number of halogens is 1. The van der Waals surface area contributed by atoms with E-state index in [0.29, 0.717) is 36.8 Å². The summed E-state index contributed by atoms with van der Waals surface area (Å²) in [5.41, 5.74) is 0.0678. The smallest absolute Gasteiger partial charge is 0.410 e. The van der Waals surface area contributed by atoms with E-state index in [9.17, 15) is 14.7 Å². The van der Waals surface area contributed by atoms with Crippen LogP contribution in [0.15, 0.2) is 24.3 Å². The van der Waals surface area contributed by atoms with Crippen LogP contribution in [0.4, 0.5) is 4.79 Å². The Labute approximate surface area is 146 Å². The van der Waals surface area contributed by atoms with Gasteiger partial charge in [-0.15, -0.1) is 0 Å². The molecular formula is C17H23ClN2O4. The normalized spacial score (nSPS) is 17.4. The summed E-state index contributed by atoms with van der Waals surface area (Å²) in [6, 6.07) is 6.01. The second kappa shape index (κ2) is 7.40. The number of nitrogens with zero attached hydrogens (tertiary/aromatic N) is 1. The monoisotopic (exact) mass is 354 g/mol. The summed E-state index contributed by atoms with van der Waals surface area (Å²) in [5.74, 6) is -1.14. The predicted octanol–water partition coefficient (Wildman–Crippen LogP) is 0.267. The molecule has 0 saturated carbocycles. The molecule has 1 aliphatic heterocycles. The molecule has 6 nitrogen and oxygen atoms in total. The molecule has 1 atom stereocenters. The van der Waals surface area contributed by atoms with Crippen molar-refractivity contribution in [3.63, 3.8) is 0 Å². The lowest BCUT2D eigenvalue weighted by atomic mass is 10.0. The molecule has 1 N–H and O–H groups in total. The van der Waals surface area contributed by atoms with Crippen molar-refractivity contribution in [3.05, 3.63) is 34.9 Å². The maximum atomic E-state index is 12.1. The van der Waals surface area contributed by atoms with Crippen LogP contribution in [-0.4, -0.2) is 48.7 Å². The van der Waals surface area contributed by atoms with Crippen molar-refractivity contribution < 1.29 is 24.3 Å². The van der Waals surface area contributed by atoms with E-state index < -0.39 is 17.6 Å². The molecule has 0 spiro atoms. The van der Waals surface area contributed by atoms with Crippen molar-refractivity contribution in [1.29, 1.82) is 0 Å². The van der Waals surface area contributed by atoms with E-state index in [4.69, 9.17) is 16.3 Å². The number of hydrogen-bond donors (Lipinski definition) is 1. The fourth-order valence-electron chi connectivity index (χ4n) is 2.82. The Bertz CT molecular complexity index is 607. The third-order valence-electron chi connectivity index (χ3n) is 3.88. The van der Waals surface area contributed by atoms with Crippen LogP contribution in [0, 0.1) is 0 Å². The topological polar surface area (TPSA) is 74.1 Å². The highest BCUT2D eigenvalue weighted by molar-refractivity contribution is 6.30. The van der Waals surface area contributed by atoms with Crippen LogP contribution < -0.4 is 10.0 Å². The van der Waals surface area contributed by atoms with Crippen molar-refractivity contribution in [1.82, 2.24) is 4.90 Å². The lowest BCUT2D eigenvalue weighted by molar-refractivity contribution is -0.928. The standard InChI is InChI=1S/C17H23ClN2O4/c1-17(2,3)24-16(23)20-9-7-19(8-10-20)14(15(21)22)12-5-4-6-13(18)11-12/h4-6,11,14H,7-10H2,1-3H3,(H,21,22)/t14-/m1/s1. The van der Waals surface area contributed by atoms with E-state index in [1.165, 1.54) is 0 Å². The fourth-order valence-corrected chi connectivity index (χ4v) is 3.01. The SMILES string of the molecule is CC(C)(C)OC(=O)N1CC[NH+]([C@@H](C(=O)[O-])c2cccc(Cl)c2)CC1. The molecule has 1 saturated heterocycles. The lowest BCUT2D eigenvalue weighted by Gasteiger charge is -2.37. The molecule has 0 unspecified atom stereocenters. The van der Waals surface area contributed by atoms with Crippen LogP contribution in [0.2, 0.25) is 5.02 Å². The number of ether oxygens (including phenoxy) is 1. The minimum absolute atomic E-state index is 0.366. The number of hydrogen-bond acceptors (Lipinski definition) is 4. The minimum Gasteiger partial charge on any atom is -0.544 e. The minimum atomic E-state index is -1.14. The highest BCUT2D eigenvalue weighted by Gasteiger charge is 2.33. The van der Waals surface area contributed by atoms with Crippen molar-refractivity contribution in [3.8, 4) is 0 Å². The first-order valence-electron chi connectivity index (χ1n) is 7.96. The zero-order valence-electron chi connectivity index (χ0n) is 14.2. The molecule has 0 aliphatic carbocycles. The Balaban J connectivity index is 2.04. The summed E-state index contributed by atoms with van der Waals surface area (Å²) >= 11 is 5.97. The molecule has 1 aliphatic rings. The number of carbonyl (C=O) groups excluding carboxylic acids is 2. The molecule has 1 amide bonds. The Kier molecular flexibility index (Phi) is 5.72. The first kappa shape index (κ1) is 18.5. The molecule has 0 aromatic heterocycles. The zero-order valence-corrected chi connectivity index (χ0v) is 14.9. The number of benzene rings is 1. The van der Waals surface area contributed by atoms with Gasteiger partial charge in [-0.05, 0) is 32.9 Å². The summed E-state index contributed by atoms with van der Waals surface area (Å²) in [6.45, 7) is 7.34. The van der Waals surface area contributed by atoms with E-state index in [0.717, 1.165) is 4.90 Å². The summed E-state index contributed by atoms with van der Waals surface area (Å²) in [7, 11) is 0. The van der Waals surface area contributed by atoms with E-state index in [1.807, 2.05) is 20.8 Å². The Morgan fingerprint density at radius 3 is 2.42 bits per heavy atom. The molecule has 1 aromatic carbocycles. The molecule has 0 radical (unpaired) electrons. The average Bonchev–Trinajstić information content (AvgIpc) is 2.46. The van der Waals surface area contributed by atoms with Crippen LogP contribution in [-0.2, 0) is 9.53 Å². The lowest BCUT2D eigenvalue weighted by Crippen LogP contribution is -3.16. The van der Waals surface area contributed by atoms with Gasteiger partial charge in [0.1, 0.15) is 11.6 Å². The van der Waals surface area contributed by atoms with Crippen LogP contribution in [0.3, 0.4) is 0 Å². The molecule has 7 heteroatoms. The fraction of sp³-hybridized carbons (Fsp3) is 0.529. The summed E-state index contributed by atoms with van der Waals surface area (Å²) < 4.78 is 5.35. The third kappa shape index (κ3) is 4.85. The first-order chi connectivity index (χ1) is 11.2. The number of amides is 1. The number of carboxylic acids is 1. The van der Waals surface area contributed by atoms with Gasteiger partial charge in [-0.2, -0.15) is 0 Å². The van der Waals surface area contributed by atoms with Gasteiger partial charge in [0.25, 0.3) is 0 Å². The zero-order chi connectivity index (χ0) is 17.9. The molecule has 0 bridgehead atoms. The van der Waals surface area contributed by atoms with Gasteiger partial charge in [-0.25, -0.2) is 4.79 Å². The average molecular weight is 355 g/mol. The van der Waals surface area contributed by atoms with E-state index in [1.54, 1.807) is 29.2 Å². The van der Waals surface area contributed by atoms with E-state index in [-0.39, 0.29) is 6.09 Å². The van der Waals surface area contributed by atoms with Crippen LogP contribution in [0.5, 0.6) is 0 Å². The van der Waals surface area contributed by atoms with Gasteiger partial charge in [-0.3, -0.25) is 4.90 Å². The number of aliphatic carboxylic acids is 1. The number of nitrogens with one attached hydrogen (secondary N) is 1. The summed E-state index contributed by atoms with van der Waals surface area (Å²) in [6.07, 6.45) is -0.366. The van der Waals surface area contributed by atoms with E-state index >= 15 is 0 Å². The molecular weight excluding hydrogens is 332 g/mol. The molecule has 1 heterocycles. The van der Waals surface area contributed by atoms with Crippen LogP contribution in [0.25, 0.3) is 0 Å². The number of quaternary nitrogens is 1. The van der Waals surface area contributed by atoms with E-state index in [2.05, 4.69) is 0 Å². The second-order valence-corrected chi connectivity index (χ2v) is 7.37. The van der Waals surface area contributed by atoms with Gasteiger partial charge in [0.15, 0.2) is 6.04 Å². The summed E-state index contributed by atoms with van der Waals surface area (Å²) in [4.78, 5) is 26.2. The van der Waals surface area contributed by atoms with Gasteiger partial charge in [-0.1, -0.05) is 23.7 Å². The highest BCUT2D eigenvalue weighted by atomic mass is 35.5. The quantitative estimate of drug-likeness (QED) is 0.845. The van der Waals surface area contributed by atoms with Gasteiger partial charge in [0.2, 0.25) is 0 Å². The number of piperazine rings is 1. The number of rotatable bonds is 3. The van der Waals surface area contributed by atoms with Crippen molar-refractivity contribution in [2.45, 2.75) is 32.4 Å². The molecule has 1 aromatic rings. The van der Waals surface area contributed by atoms with Gasteiger partial charge in [0.05, 0.1) is 26.2 Å². The van der Waals surface area contributed by atoms with Crippen molar-refractivity contribution >= 4 is 23.7 Å². The highest BCUT2D eigenvalue weighted by Crippen LogP contribution is 2.16. The van der Waals surface area contributed by atoms with Crippen LogP contribution in [0.1, 0.15) is 32.4 Å². The molecule has 24 heavy (non-hydrogen) atoms. The Morgan fingerprint density at radius 1 is 1.29 bits per heavy atom. The first-order valence-corrected chi connectivity index (χ1v) is 8.34. The maximum absolute atomic E-state index is 12.1. The maximum Gasteiger partial charge on any atom is 0.410 e. The predicted molar refractivity (Wildman–Crippen MR) is 87.7 cm³/mol. The van der Waals surface area contributed by atoms with Gasteiger partial charge in [0, 0.05) is 10.6 Å². The van der Waals surface area contributed by atoms with Gasteiger partial charge < -0.3 is 19.5 Å². The number of carbonyl (C=O) groups is 2. The number of carboxylic acid groups (broad SMARTS) is 1. The van der Waals surface area contributed by atoms with Gasteiger partial charge >= 0.3 is 6.09 Å². The third-order valence-corrected chi connectivity index (χ3v) is 4.12. The molecule has 1 fully saturated rings. The van der Waals surface area contributed by atoms with Crippen LogP contribution >= 0.6 is 11.6 Å². The Morgan fingerprint density at radius 2 is 1.92 bits per heavy atom. The van der Waals surface area contributed by atoms with Crippen molar-refractivity contribution in [2.75, 3.05) is 26.2 Å². The second-order valence-electron chi connectivity index (χ2n) is 6.93. The largest absolute Gasteiger partial charge is 0.544 e. The molecule has 2 rings (SSSR count). The molecule has 132 valence electrons. The Hall–Kier alpha value is -1.79.